The Bertz CT molecular complexity index is 719. The number of aliphatic imine (C=N–C) groups is 1. The molecule has 0 saturated carbocycles. The summed E-state index contributed by atoms with van der Waals surface area (Å²) in [5, 5.41) is 6.65. The number of guanidine groups is 1. The summed E-state index contributed by atoms with van der Waals surface area (Å²) in [6.45, 7) is 4.71. The Morgan fingerprint density at radius 2 is 2.16 bits per heavy atom. The Hall–Kier alpha value is -1.25. The summed E-state index contributed by atoms with van der Waals surface area (Å²) < 4.78 is 24.7. The Morgan fingerprint density at radius 3 is 2.76 bits per heavy atom. The Labute approximate surface area is 155 Å². The second kappa shape index (κ2) is 8.91. The molecule has 1 aromatic rings. The van der Waals surface area contributed by atoms with Crippen LogP contribution in [0.3, 0.4) is 0 Å². The van der Waals surface area contributed by atoms with Gasteiger partial charge in [-0.25, -0.2) is 12.7 Å². The predicted molar refractivity (Wildman–Crippen MR) is 106 cm³/mol. The third-order valence-corrected chi connectivity index (χ3v) is 6.48. The highest BCUT2D eigenvalue weighted by atomic mass is 32.2. The molecule has 8 heteroatoms. The fraction of sp³-hybridized carbons (Fsp3) is 0.588. The molecule has 0 radical (unpaired) electrons. The molecule has 0 aliphatic carbocycles. The normalized spacial score (nSPS) is 19.2. The van der Waals surface area contributed by atoms with Gasteiger partial charge in [0.05, 0.1) is 6.26 Å². The molecule has 25 heavy (non-hydrogen) atoms. The highest BCUT2D eigenvalue weighted by Gasteiger charge is 2.28. The zero-order chi connectivity index (χ0) is 18.4. The Kier molecular flexibility index (Phi) is 7.15. The molecular weight excluding hydrogens is 356 g/mol. The van der Waals surface area contributed by atoms with Crippen LogP contribution in [0.2, 0.25) is 0 Å². The lowest BCUT2D eigenvalue weighted by atomic mass is 10.1. The summed E-state index contributed by atoms with van der Waals surface area (Å²) in [6.07, 6.45) is 4.23. The van der Waals surface area contributed by atoms with Crippen molar-refractivity contribution in [1.29, 1.82) is 0 Å². The van der Waals surface area contributed by atoms with Crippen LogP contribution in [0.4, 0.5) is 0 Å². The van der Waals surface area contributed by atoms with Gasteiger partial charge in [-0.3, -0.25) is 4.99 Å². The van der Waals surface area contributed by atoms with E-state index in [2.05, 4.69) is 47.0 Å². The van der Waals surface area contributed by atoms with E-state index in [1.54, 1.807) is 23.1 Å². The van der Waals surface area contributed by atoms with Crippen LogP contribution in [0.5, 0.6) is 0 Å². The van der Waals surface area contributed by atoms with Crippen LogP contribution in [0, 0.1) is 12.8 Å². The van der Waals surface area contributed by atoms with E-state index < -0.39 is 10.0 Å². The lowest BCUT2D eigenvalue weighted by molar-refractivity contribution is 0.459. The molecule has 1 fully saturated rings. The van der Waals surface area contributed by atoms with E-state index in [0.29, 0.717) is 25.6 Å². The van der Waals surface area contributed by atoms with Crippen LogP contribution in [0.15, 0.2) is 28.1 Å². The van der Waals surface area contributed by atoms with E-state index in [9.17, 15) is 8.42 Å². The standard InChI is InChI=1S/C17H28N4O2S2/c1-13-5-6-15(16(9-13)24-3)11-20-17(18-2)19-10-14-7-8-21(12-14)25(4,22)23/h5-6,9,14H,7-8,10-12H2,1-4H3,(H2,18,19,20). The molecule has 1 saturated heterocycles. The van der Waals surface area contributed by atoms with E-state index in [1.807, 2.05) is 0 Å². The minimum Gasteiger partial charge on any atom is -0.356 e. The van der Waals surface area contributed by atoms with Gasteiger partial charge in [0.15, 0.2) is 5.96 Å². The maximum Gasteiger partial charge on any atom is 0.211 e. The van der Waals surface area contributed by atoms with Gasteiger partial charge in [-0.2, -0.15) is 0 Å². The smallest absolute Gasteiger partial charge is 0.211 e. The monoisotopic (exact) mass is 384 g/mol. The van der Waals surface area contributed by atoms with Gasteiger partial charge in [0.25, 0.3) is 0 Å². The second-order valence-electron chi connectivity index (χ2n) is 6.40. The van der Waals surface area contributed by atoms with Crippen LogP contribution in [0.25, 0.3) is 0 Å². The summed E-state index contributed by atoms with van der Waals surface area (Å²) in [6, 6.07) is 6.45. The number of aryl methyl sites for hydroxylation is 1. The van der Waals surface area contributed by atoms with Gasteiger partial charge >= 0.3 is 0 Å². The van der Waals surface area contributed by atoms with Crippen molar-refractivity contribution in [3.63, 3.8) is 0 Å². The molecule has 6 nitrogen and oxygen atoms in total. The highest BCUT2D eigenvalue weighted by Crippen LogP contribution is 2.21. The number of thioether (sulfide) groups is 1. The fourth-order valence-corrected chi connectivity index (χ4v) is 4.53. The Balaban J connectivity index is 1.84. The molecular formula is C17H28N4O2S2. The maximum atomic E-state index is 11.6. The summed E-state index contributed by atoms with van der Waals surface area (Å²) in [5.41, 5.74) is 2.50. The number of benzene rings is 1. The van der Waals surface area contributed by atoms with Gasteiger partial charge in [-0.1, -0.05) is 12.1 Å². The van der Waals surface area contributed by atoms with Crippen LogP contribution >= 0.6 is 11.8 Å². The van der Waals surface area contributed by atoms with E-state index in [0.717, 1.165) is 18.9 Å². The summed E-state index contributed by atoms with van der Waals surface area (Å²) in [5.74, 6) is 1.06. The summed E-state index contributed by atoms with van der Waals surface area (Å²) >= 11 is 1.74. The van der Waals surface area contributed by atoms with Crippen LogP contribution < -0.4 is 10.6 Å². The molecule has 1 unspecified atom stereocenters. The average molecular weight is 385 g/mol. The van der Waals surface area contributed by atoms with Crippen LogP contribution in [-0.4, -0.2) is 57.9 Å². The van der Waals surface area contributed by atoms with Gasteiger partial charge in [0.2, 0.25) is 10.0 Å². The molecule has 0 amide bonds. The minimum absolute atomic E-state index is 0.314. The number of nitrogens with one attached hydrogen (secondary N) is 2. The first kappa shape index (κ1) is 20.1. The molecule has 1 aromatic carbocycles. The molecule has 0 spiro atoms. The second-order valence-corrected chi connectivity index (χ2v) is 9.23. The Morgan fingerprint density at radius 1 is 1.40 bits per heavy atom. The van der Waals surface area contributed by atoms with Crippen molar-refractivity contribution in [2.75, 3.05) is 39.2 Å². The minimum atomic E-state index is -3.08. The number of sulfonamides is 1. The predicted octanol–water partition coefficient (Wildman–Crippen LogP) is 1.66. The van der Waals surface area contributed by atoms with Crippen molar-refractivity contribution >= 4 is 27.7 Å². The third-order valence-electron chi connectivity index (χ3n) is 4.39. The van der Waals surface area contributed by atoms with Gasteiger partial charge in [0.1, 0.15) is 0 Å². The summed E-state index contributed by atoms with van der Waals surface area (Å²) in [7, 11) is -1.33. The van der Waals surface area contributed by atoms with Crippen LogP contribution in [-0.2, 0) is 16.6 Å². The van der Waals surface area contributed by atoms with E-state index in [4.69, 9.17) is 0 Å². The zero-order valence-corrected chi connectivity index (χ0v) is 17.0. The third kappa shape index (κ3) is 5.90. The van der Waals surface area contributed by atoms with Crippen molar-refractivity contribution < 1.29 is 8.42 Å². The summed E-state index contributed by atoms with van der Waals surface area (Å²) in [4.78, 5) is 5.53. The molecule has 140 valence electrons. The van der Waals surface area contributed by atoms with Crippen molar-refractivity contribution in [3.05, 3.63) is 29.3 Å². The topological polar surface area (TPSA) is 73.8 Å². The zero-order valence-electron chi connectivity index (χ0n) is 15.4. The van der Waals surface area contributed by atoms with E-state index in [1.165, 1.54) is 22.3 Å². The van der Waals surface area contributed by atoms with Gasteiger partial charge in [0, 0.05) is 38.1 Å². The van der Waals surface area contributed by atoms with Crippen LogP contribution in [0.1, 0.15) is 17.5 Å². The average Bonchev–Trinajstić information content (AvgIpc) is 3.05. The maximum absolute atomic E-state index is 11.6. The molecule has 1 heterocycles. The van der Waals surface area contributed by atoms with Crippen molar-refractivity contribution in [2.45, 2.75) is 24.8 Å². The largest absolute Gasteiger partial charge is 0.356 e. The molecule has 2 N–H and O–H groups in total. The van der Waals surface area contributed by atoms with Gasteiger partial charge in [-0.05, 0) is 42.7 Å². The fourth-order valence-electron chi connectivity index (χ4n) is 2.90. The lowest BCUT2D eigenvalue weighted by Gasteiger charge is -2.17. The highest BCUT2D eigenvalue weighted by molar-refractivity contribution is 7.98. The molecule has 1 atom stereocenters. The number of hydrogen-bond donors (Lipinski definition) is 2. The molecule has 1 aliphatic rings. The number of hydrogen-bond acceptors (Lipinski definition) is 4. The number of rotatable bonds is 6. The molecule has 1 aliphatic heterocycles. The molecule has 0 aromatic heterocycles. The SMILES string of the molecule is CN=C(NCc1ccc(C)cc1SC)NCC1CCN(S(C)(=O)=O)C1. The van der Waals surface area contributed by atoms with Crippen molar-refractivity contribution in [2.24, 2.45) is 10.9 Å². The van der Waals surface area contributed by atoms with E-state index in [-0.39, 0.29) is 0 Å². The van der Waals surface area contributed by atoms with Gasteiger partial charge in [-0.15, -0.1) is 11.8 Å². The van der Waals surface area contributed by atoms with Gasteiger partial charge < -0.3 is 10.6 Å². The number of nitrogens with zero attached hydrogens (tertiary/aromatic N) is 2. The quantitative estimate of drug-likeness (QED) is 0.443. The first-order valence-electron chi connectivity index (χ1n) is 8.36. The van der Waals surface area contributed by atoms with E-state index >= 15 is 0 Å². The van der Waals surface area contributed by atoms with Crippen molar-refractivity contribution in [3.8, 4) is 0 Å². The molecule has 0 bridgehead atoms. The molecule has 2 rings (SSSR count). The first-order valence-corrected chi connectivity index (χ1v) is 11.4. The lowest BCUT2D eigenvalue weighted by Crippen LogP contribution is -2.40. The van der Waals surface area contributed by atoms with Crippen molar-refractivity contribution in [1.82, 2.24) is 14.9 Å². The first-order chi connectivity index (χ1) is 11.8.